The molecule has 1 aliphatic heterocycles. The van der Waals surface area contributed by atoms with Crippen LogP contribution in [-0.4, -0.2) is 21.7 Å². The molecule has 1 N–H and O–H groups in total. The van der Waals surface area contributed by atoms with Crippen LogP contribution in [0, 0.1) is 12.8 Å². The van der Waals surface area contributed by atoms with Crippen molar-refractivity contribution >= 4 is 16.6 Å². The van der Waals surface area contributed by atoms with E-state index in [0.29, 0.717) is 11.3 Å². The lowest BCUT2D eigenvalue weighted by atomic mass is 9.95. The van der Waals surface area contributed by atoms with Crippen molar-refractivity contribution in [2.24, 2.45) is 5.92 Å². The zero-order chi connectivity index (χ0) is 13.8. The summed E-state index contributed by atoms with van der Waals surface area (Å²) in [5, 5.41) is 12.1. The molecule has 4 heteroatoms. The zero-order valence-electron chi connectivity index (χ0n) is 11.1. The number of aromatic nitrogens is 1. The molecule has 0 spiro atoms. The molecule has 98 valence electrons. The van der Waals surface area contributed by atoms with E-state index < -0.39 is 5.79 Å². The fourth-order valence-electron chi connectivity index (χ4n) is 2.37. The quantitative estimate of drug-likeness (QED) is 0.852. The maximum atomic E-state index is 12.3. The normalized spacial score (nSPS) is 21.8. The van der Waals surface area contributed by atoms with Crippen molar-refractivity contribution in [1.82, 2.24) is 4.98 Å². The molecule has 0 bridgehead atoms. The summed E-state index contributed by atoms with van der Waals surface area (Å²) in [6.45, 7) is 5.42. The van der Waals surface area contributed by atoms with Gasteiger partial charge in [-0.25, -0.2) is 0 Å². The van der Waals surface area contributed by atoms with Crippen molar-refractivity contribution in [3.63, 3.8) is 0 Å². The van der Waals surface area contributed by atoms with Crippen LogP contribution in [0.3, 0.4) is 0 Å². The summed E-state index contributed by atoms with van der Waals surface area (Å²) in [4.78, 5) is 16.5. The number of rotatable bonds is 1. The molecule has 2 heterocycles. The SMILES string of the molecule is Cc1cc2ccc3c(c2cn1)O[C@](O)(C(C)C)C3=O. The Morgan fingerprint density at radius 1 is 1.37 bits per heavy atom. The Morgan fingerprint density at radius 3 is 2.79 bits per heavy atom. The van der Waals surface area contributed by atoms with Crippen LogP contribution >= 0.6 is 0 Å². The number of benzene rings is 1. The molecular weight excluding hydrogens is 242 g/mol. The van der Waals surface area contributed by atoms with E-state index in [2.05, 4.69) is 4.98 Å². The first kappa shape index (κ1) is 12.1. The van der Waals surface area contributed by atoms with E-state index in [-0.39, 0.29) is 11.7 Å². The third-order valence-electron chi connectivity index (χ3n) is 3.60. The Bertz CT molecular complexity index is 693. The van der Waals surface area contributed by atoms with Gasteiger partial charge in [-0.2, -0.15) is 0 Å². The molecule has 4 nitrogen and oxygen atoms in total. The van der Waals surface area contributed by atoms with Crippen LogP contribution in [0.15, 0.2) is 24.4 Å². The highest BCUT2D eigenvalue weighted by Crippen LogP contribution is 2.42. The lowest BCUT2D eigenvalue weighted by Crippen LogP contribution is -2.45. The number of fused-ring (bicyclic) bond motifs is 3. The minimum Gasteiger partial charge on any atom is -0.453 e. The summed E-state index contributed by atoms with van der Waals surface area (Å²) in [5.74, 6) is -2.02. The van der Waals surface area contributed by atoms with E-state index in [1.54, 1.807) is 26.1 Å². The van der Waals surface area contributed by atoms with E-state index in [0.717, 1.165) is 16.5 Å². The number of carbonyl (C=O) groups excluding carboxylic acids is 1. The number of ketones is 1. The van der Waals surface area contributed by atoms with Crippen LogP contribution in [0.5, 0.6) is 5.75 Å². The fraction of sp³-hybridized carbons (Fsp3) is 0.333. The Kier molecular flexibility index (Phi) is 2.41. The van der Waals surface area contributed by atoms with E-state index in [1.165, 1.54) is 0 Å². The molecule has 1 aliphatic rings. The number of aliphatic hydroxyl groups is 1. The van der Waals surface area contributed by atoms with Gasteiger partial charge in [0.1, 0.15) is 5.75 Å². The van der Waals surface area contributed by atoms with Crippen molar-refractivity contribution < 1.29 is 14.6 Å². The van der Waals surface area contributed by atoms with Crippen molar-refractivity contribution in [2.75, 3.05) is 0 Å². The Morgan fingerprint density at radius 2 is 2.11 bits per heavy atom. The number of aryl methyl sites for hydroxylation is 1. The third kappa shape index (κ3) is 1.56. The first-order chi connectivity index (χ1) is 8.93. The van der Waals surface area contributed by atoms with Gasteiger partial charge >= 0.3 is 0 Å². The lowest BCUT2D eigenvalue weighted by molar-refractivity contribution is -0.120. The van der Waals surface area contributed by atoms with E-state index in [1.807, 2.05) is 19.1 Å². The average molecular weight is 257 g/mol. The molecule has 0 aliphatic carbocycles. The van der Waals surface area contributed by atoms with Gasteiger partial charge in [-0.1, -0.05) is 19.9 Å². The van der Waals surface area contributed by atoms with Crippen LogP contribution in [-0.2, 0) is 0 Å². The second-order valence-electron chi connectivity index (χ2n) is 5.27. The molecule has 0 saturated heterocycles. The molecule has 0 amide bonds. The van der Waals surface area contributed by atoms with E-state index >= 15 is 0 Å². The smallest absolute Gasteiger partial charge is 0.275 e. The molecule has 0 radical (unpaired) electrons. The van der Waals surface area contributed by atoms with Gasteiger partial charge < -0.3 is 9.84 Å². The molecule has 0 unspecified atom stereocenters. The number of hydrogen-bond acceptors (Lipinski definition) is 4. The summed E-state index contributed by atoms with van der Waals surface area (Å²) in [5.41, 5.74) is 1.32. The number of nitrogens with zero attached hydrogens (tertiary/aromatic N) is 1. The van der Waals surface area contributed by atoms with E-state index in [4.69, 9.17) is 4.74 Å². The van der Waals surface area contributed by atoms with Gasteiger partial charge in [-0.15, -0.1) is 0 Å². The van der Waals surface area contributed by atoms with Crippen molar-refractivity contribution in [1.29, 1.82) is 0 Å². The summed E-state index contributed by atoms with van der Waals surface area (Å²) >= 11 is 0. The van der Waals surface area contributed by atoms with Crippen molar-refractivity contribution in [3.8, 4) is 5.75 Å². The average Bonchev–Trinajstić information content (AvgIpc) is 2.63. The number of carbonyl (C=O) groups is 1. The zero-order valence-corrected chi connectivity index (χ0v) is 11.1. The van der Waals surface area contributed by atoms with Gasteiger partial charge in [-0.3, -0.25) is 9.78 Å². The summed E-state index contributed by atoms with van der Waals surface area (Å²) < 4.78 is 5.59. The van der Waals surface area contributed by atoms with Crippen LogP contribution in [0.4, 0.5) is 0 Å². The van der Waals surface area contributed by atoms with Gasteiger partial charge in [0.05, 0.1) is 5.56 Å². The van der Waals surface area contributed by atoms with Gasteiger partial charge in [0.25, 0.3) is 5.79 Å². The highest BCUT2D eigenvalue weighted by atomic mass is 16.6. The second kappa shape index (κ2) is 3.78. The van der Waals surface area contributed by atoms with E-state index in [9.17, 15) is 9.90 Å². The van der Waals surface area contributed by atoms with Crippen LogP contribution in [0.2, 0.25) is 0 Å². The Hall–Kier alpha value is -1.94. The molecule has 2 aromatic rings. The molecule has 0 fully saturated rings. The number of ether oxygens (including phenoxy) is 1. The lowest BCUT2D eigenvalue weighted by Gasteiger charge is -2.24. The molecule has 1 aromatic heterocycles. The fourth-order valence-corrected chi connectivity index (χ4v) is 2.37. The van der Waals surface area contributed by atoms with Gasteiger partial charge in [0, 0.05) is 23.2 Å². The predicted molar refractivity (Wildman–Crippen MR) is 71.2 cm³/mol. The standard InChI is InChI=1S/C15H15NO3/c1-8(2)15(18)14(17)11-5-4-10-6-9(3)16-7-12(10)13(11)19-15/h4-8,18H,1-3H3/t15-/m1/s1. The molecule has 1 atom stereocenters. The first-order valence-electron chi connectivity index (χ1n) is 6.29. The summed E-state index contributed by atoms with van der Waals surface area (Å²) in [6.07, 6.45) is 1.68. The van der Waals surface area contributed by atoms with Gasteiger partial charge in [0.15, 0.2) is 0 Å². The number of hydrogen-bond donors (Lipinski definition) is 1. The largest absolute Gasteiger partial charge is 0.453 e. The van der Waals surface area contributed by atoms with Gasteiger partial charge in [-0.05, 0) is 24.4 Å². The highest BCUT2D eigenvalue weighted by molar-refractivity contribution is 6.11. The molecule has 0 saturated carbocycles. The Labute approximate surface area is 111 Å². The minimum atomic E-state index is -1.76. The van der Waals surface area contributed by atoms with Crippen LogP contribution < -0.4 is 4.74 Å². The molecule has 3 rings (SSSR count). The summed E-state index contributed by atoms with van der Waals surface area (Å²) in [6, 6.07) is 5.49. The molecule has 19 heavy (non-hydrogen) atoms. The van der Waals surface area contributed by atoms with Crippen LogP contribution in [0.25, 0.3) is 10.8 Å². The first-order valence-corrected chi connectivity index (χ1v) is 6.29. The predicted octanol–water partition coefficient (Wildman–Crippen LogP) is 2.46. The number of Topliss-reactive ketones (excluding diaryl/α,β-unsaturated/α-hetero) is 1. The maximum Gasteiger partial charge on any atom is 0.275 e. The number of pyridine rings is 1. The molecular formula is C15H15NO3. The van der Waals surface area contributed by atoms with Crippen molar-refractivity contribution in [2.45, 2.75) is 26.6 Å². The van der Waals surface area contributed by atoms with Crippen molar-refractivity contribution in [3.05, 3.63) is 35.7 Å². The van der Waals surface area contributed by atoms with Crippen LogP contribution in [0.1, 0.15) is 29.9 Å². The minimum absolute atomic E-state index is 0.319. The topological polar surface area (TPSA) is 59.4 Å². The maximum absolute atomic E-state index is 12.3. The summed E-state index contributed by atoms with van der Waals surface area (Å²) in [7, 11) is 0. The van der Waals surface area contributed by atoms with Gasteiger partial charge in [0.2, 0.25) is 5.78 Å². The monoisotopic (exact) mass is 257 g/mol. The highest BCUT2D eigenvalue weighted by Gasteiger charge is 2.49. The third-order valence-corrected chi connectivity index (χ3v) is 3.60. The Balaban J connectivity index is 2.26. The molecule has 1 aromatic carbocycles. The second-order valence-corrected chi connectivity index (χ2v) is 5.27.